The predicted molar refractivity (Wildman–Crippen MR) is 98.6 cm³/mol. The van der Waals surface area contributed by atoms with Gasteiger partial charge in [0, 0.05) is 5.92 Å². The average Bonchev–Trinajstić information content (AvgIpc) is 3.17. The van der Waals surface area contributed by atoms with Crippen molar-refractivity contribution in [2.24, 2.45) is 0 Å². The number of hydrogen-bond acceptors (Lipinski definition) is 5. The highest BCUT2D eigenvalue weighted by atomic mass is 35.5. The third-order valence-corrected chi connectivity index (χ3v) is 7.51. The SMILES string of the molecule is O=S(=O)(Nc1ccc(F)cc1Cl)c1ccc(-c2cnc(C3CCC3)o2)s1. The number of sulfonamides is 1. The van der Waals surface area contributed by atoms with Gasteiger partial charge in [0.15, 0.2) is 11.7 Å². The van der Waals surface area contributed by atoms with Gasteiger partial charge >= 0.3 is 0 Å². The number of hydrogen-bond donors (Lipinski definition) is 1. The maximum Gasteiger partial charge on any atom is 0.271 e. The number of benzene rings is 1. The van der Waals surface area contributed by atoms with E-state index < -0.39 is 15.8 Å². The number of aromatic nitrogens is 1. The van der Waals surface area contributed by atoms with Crippen molar-refractivity contribution in [3.63, 3.8) is 0 Å². The van der Waals surface area contributed by atoms with Crippen LogP contribution in [-0.4, -0.2) is 13.4 Å². The molecular formula is C17H14ClFN2O3S2. The van der Waals surface area contributed by atoms with Gasteiger partial charge in [-0.05, 0) is 43.2 Å². The molecule has 0 aliphatic heterocycles. The van der Waals surface area contributed by atoms with Gasteiger partial charge in [-0.25, -0.2) is 17.8 Å². The maximum atomic E-state index is 13.1. The summed E-state index contributed by atoms with van der Waals surface area (Å²) in [6, 6.07) is 6.64. The van der Waals surface area contributed by atoms with E-state index in [1.54, 1.807) is 12.3 Å². The molecule has 4 rings (SSSR count). The quantitative estimate of drug-likeness (QED) is 0.620. The van der Waals surface area contributed by atoms with Gasteiger partial charge in [0.2, 0.25) is 0 Å². The fourth-order valence-electron chi connectivity index (χ4n) is 2.61. The number of nitrogens with one attached hydrogen (secondary N) is 1. The molecule has 1 saturated carbocycles. The Morgan fingerprint density at radius 2 is 2.08 bits per heavy atom. The van der Waals surface area contributed by atoms with Gasteiger partial charge in [-0.1, -0.05) is 18.0 Å². The van der Waals surface area contributed by atoms with Crippen molar-refractivity contribution in [2.45, 2.75) is 29.4 Å². The van der Waals surface area contributed by atoms with Crippen LogP contribution in [0.1, 0.15) is 31.1 Å². The van der Waals surface area contributed by atoms with Gasteiger partial charge in [0.1, 0.15) is 10.0 Å². The van der Waals surface area contributed by atoms with Crippen LogP contribution in [0, 0.1) is 5.82 Å². The minimum absolute atomic E-state index is 0.00858. The first-order chi connectivity index (χ1) is 12.4. The van der Waals surface area contributed by atoms with Crippen molar-refractivity contribution in [3.05, 3.63) is 53.3 Å². The zero-order chi connectivity index (χ0) is 18.3. The van der Waals surface area contributed by atoms with Gasteiger partial charge in [-0.15, -0.1) is 11.3 Å². The molecule has 0 amide bonds. The van der Waals surface area contributed by atoms with Crippen LogP contribution in [-0.2, 0) is 10.0 Å². The molecular weight excluding hydrogens is 399 g/mol. The number of oxazole rings is 1. The summed E-state index contributed by atoms with van der Waals surface area (Å²) >= 11 is 6.96. The number of anilines is 1. The van der Waals surface area contributed by atoms with Crippen LogP contribution in [0.3, 0.4) is 0 Å². The predicted octanol–water partition coefficient (Wildman–Crippen LogP) is 5.26. The standard InChI is InChI=1S/C17H14ClFN2O3S2/c18-12-8-11(19)4-5-13(12)21-26(22,23)16-7-6-15(25-16)14-9-20-17(24-14)10-2-1-3-10/h4-10,21H,1-3H2. The van der Waals surface area contributed by atoms with E-state index >= 15 is 0 Å². The third kappa shape index (κ3) is 3.36. The molecule has 2 heterocycles. The summed E-state index contributed by atoms with van der Waals surface area (Å²) < 4.78 is 46.5. The topological polar surface area (TPSA) is 72.2 Å². The summed E-state index contributed by atoms with van der Waals surface area (Å²) in [5.41, 5.74) is 0.120. The molecule has 26 heavy (non-hydrogen) atoms. The molecule has 0 bridgehead atoms. The maximum absolute atomic E-state index is 13.1. The first-order valence-corrected chi connectivity index (χ1v) is 10.6. The highest BCUT2D eigenvalue weighted by Crippen LogP contribution is 2.39. The van der Waals surface area contributed by atoms with Crippen LogP contribution in [0.2, 0.25) is 5.02 Å². The van der Waals surface area contributed by atoms with Crippen molar-refractivity contribution in [1.29, 1.82) is 0 Å². The van der Waals surface area contributed by atoms with Gasteiger partial charge in [-0.2, -0.15) is 0 Å². The van der Waals surface area contributed by atoms with E-state index in [9.17, 15) is 12.8 Å². The molecule has 3 aromatic rings. The molecule has 1 fully saturated rings. The van der Waals surface area contributed by atoms with Crippen molar-refractivity contribution < 1.29 is 17.2 Å². The highest BCUT2D eigenvalue weighted by Gasteiger charge is 2.25. The molecule has 1 aliphatic carbocycles. The summed E-state index contributed by atoms with van der Waals surface area (Å²) in [6.07, 6.45) is 4.96. The third-order valence-electron chi connectivity index (χ3n) is 4.24. The number of thiophene rings is 1. The molecule has 1 aliphatic rings. The zero-order valence-electron chi connectivity index (χ0n) is 13.4. The van der Waals surface area contributed by atoms with E-state index in [0.29, 0.717) is 22.4 Å². The van der Waals surface area contributed by atoms with Crippen molar-refractivity contribution in [3.8, 4) is 10.6 Å². The molecule has 0 radical (unpaired) electrons. The summed E-state index contributed by atoms with van der Waals surface area (Å²) in [7, 11) is -3.84. The first-order valence-electron chi connectivity index (χ1n) is 7.96. The van der Waals surface area contributed by atoms with E-state index in [4.69, 9.17) is 16.0 Å². The largest absolute Gasteiger partial charge is 0.440 e. The van der Waals surface area contributed by atoms with E-state index in [-0.39, 0.29) is 14.9 Å². The Hall–Kier alpha value is -1.90. The van der Waals surface area contributed by atoms with Crippen LogP contribution < -0.4 is 4.72 Å². The van der Waals surface area contributed by atoms with Gasteiger partial charge in [-0.3, -0.25) is 4.72 Å². The molecule has 0 saturated heterocycles. The highest BCUT2D eigenvalue weighted by molar-refractivity contribution is 7.94. The fraction of sp³-hybridized carbons (Fsp3) is 0.235. The second-order valence-corrected chi connectivity index (χ2v) is 9.44. The Kier molecular flexibility index (Phi) is 4.50. The van der Waals surface area contributed by atoms with E-state index in [2.05, 4.69) is 9.71 Å². The Morgan fingerprint density at radius 3 is 2.77 bits per heavy atom. The van der Waals surface area contributed by atoms with E-state index in [1.165, 1.54) is 18.6 Å². The summed E-state index contributed by atoms with van der Waals surface area (Å²) in [5.74, 6) is 1.09. The lowest BCUT2D eigenvalue weighted by Crippen LogP contribution is -2.11. The number of halogens is 2. The van der Waals surface area contributed by atoms with Crippen molar-refractivity contribution >= 4 is 38.6 Å². The molecule has 1 aromatic carbocycles. The summed E-state index contributed by atoms with van der Waals surface area (Å²) in [4.78, 5) is 4.97. The normalized spacial score (nSPS) is 15.0. The number of nitrogens with zero attached hydrogens (tertiary/aromatic N) is 1. The van der Waals surface area contributed by atoms with Crippen LogP contribution >= 0.6 is 22.9 Å². The molecule has 5 nitrogen and oxygen atoms in total. The van der Waals surface area contributed by atoms with Crippen LogP contribution in [0.15, 0.2) is 45.2 Å². The summed E-state index contributed by atoms with van der Waals surface area (Å²) in [5, 5.41) is -0.00858. The van der Waals surface area contributed by atoms with Crippen LogP contribution in [0.25, 0.3) is 10.6 Å². The molecule has 136 valence electrons. The molecule has 9 heteroatoms. The minimum atomic E-state index is -3.84. The zero-order valence-corrected chi connectivity index (χ0v) is 15.8. The first kappa shape index (κ1) is 17.5. The molecule has 0 unspecified atom stereocenters. The van der Waals surface area contributed by atoms with Crippen molar-refractivity contribution in [2.75, 3.05) is 4.72 Å². The molecule has 0 spiro atoms. The molecule has 2 aromatic heterocycles. The average molecular weight is 413 g/mol. The molecule has 0 atom stereocenters. The van der Waals surface area contributed by atoms with Crippen LogP contribution in [0.4, 0.5) is 10.1 Å². The lowest BCUT2D eigenvalue weighted by molar-refractivity contribution is 0.338. The fourth-order valence-corrected chi connectivity index (χ4v) is 5.21. The monoisotopic (exact) mass is 412 g/mol. The van der Waals surface area contributed by atoms with Crippen molar-refractivity contribution in [1.82, 2.24) is 4.98 Å². The van der Waals surface area contributed by atoms with Gasteiger partial charge < -0.3 is 4.42 Å². The lowest BCUT2D eigenvalue weighted by Gasteiger charge is -2.21. The summed E-state index contributed by atoms with van der Waals surface area (Å²) in [6.45, 7) is 0. The van der Waals surface area contributed by atoms with E-state index in [1.807, 2.05) is 0 Å². The number of rotatable bonds is 5. The molecule has 1 N–H and O–H groups in total. The Morgan fingerprint density at radius 1 is 1.27 bits per heavy atom. The Bertz CT molecular complexity index is 1060. The lowest BCUT2D eigenvalue weighted by atomic mass is 9.85. The van der Waals surface area contributed by atoms with E-state index in [0.717, 1.165) is 36.3 Å². The van der Waals surface area contributed by atoms with Gasteiger partial charge in [0.05, 0.1) is 21.8 Å². The second-order valence-electron chi connectivity index (χ2n) is 6.04. The second kappa shape index (κ2) is 6.68. The van der Waals surface area contributed by atoms with Gasteiger partial charge in [0.25, 0.3) is 10.0 Å². The minimum Gasteiger partial charge on any atom is -0.440 e. The Labute approximate surface area is 158 Å². The Balaban J connectivity index is 1.57. The smallest absolute Gasteiger partial charge is 0.271 e. The van der Waals surface area contributed by atoms with Crippen LogP contribution in [0.5, 0.6) is 0 Å².